The number of nitrogens with one attached hydrogen (secondary N) is 1. The zero-order valence-corrected chi connectivity index (χ0v) is 9.45. The molecule has 0 atom stereocenters. The molecule has 2 N–H and O–H groups in total. The van der Waals surface area contributed by atoms with Crippen LogP contribution in [0.1, 0.15) is 10.4 Å². The minimum Gasteiger partial charge on any atom is -0.389 e. The Morgan fingerprint density at radius 1 is 1.33 bits per heavy atom. The topological polar surface area (TPSA) is 95.0 Å². The van der Waals surface area contributed by atoms with Crippen molar-refractivity contribution in [2.45, 2.75) is 6.10 Å². The van der Waals surface area contributed by atoms with E-state index in [4.69, 9.17) is 5.11 Å². The molecular formula is C11H11N5O2. The number of hydrogen-bond donors (Lipinski definition) is 2. The van der Waals surface area contributed by atoms with E-state index < -0.39 is 0 Å². The van der Waals surface area contributed by atoms with E-state index in [1.165, 1.54) is 0 Å². The van der Waals surface area contributed by atoms with Crippen LogP contribution in [0.2, 0.25) is 0 Å². The van der Waals surface area contributed by atoms with Crippen molar-refractivity contribution in [2.24, 2.45) is 0 Å². The van der Waals surface area contributed by atoms with Gasteiger partial charge in [0.15, 0.2) is 0 Å². The molecule has 1 fully saturated rings. The molecule has 0 saturated carbocycles. The lowest BCUT2D eigenvalue weighted by atomic mass is 10.1. The lowest BCUT2D eigenvalue weighted by Crippen LogP contribution is -2.53. The van der Waals surface area contributed by atoms with Gasteiger partial charge >= 0.3 is 0 Å². The van der Waals surface area contributed by atoms with Gasteiger partial charge in [0.25, 0.3) is 5.91 Å². The predicted molar refractivity (Wildman–Crippen MR) is 61.5 cm³/mol. The number of amides is 1. The zero-order chi connectivity index (χ0) is 12.5. The molecule has 0 bridgehead atoms. The van der Waals surface area contributed by atoms with Crippen LogP contribution >= 0.6 is 0 Å². The van der Waals surface area contributed by atoms with Crippen LogP contribution in [0.3, 0.4) is 0 Å². The van der Waals surface area contributed by atoms with Crippen molar-refractivity contribution >= 4 is 5.91 Å². The first-order valence-electron chi connectivity index (χ1n) is 5.55. The first-order valence-corrected chi connectivity index (χ1v) is 5.55. The molecule has 0 aliphatic carbocycles. The van der Waals surface area contributed by atoms with E-state index in [0.29, 0.717) is 24.5 Å². The lowest BCUT2D eigenvalue weighted by molar-refractivity contribution is 0.00590. The van der Waals surface area contributed by atoms with Crippen molar-refractivity contribution in [3.8, 4) is 11.4 Å². The number of tetrazole rings is 1. The van der Waals surface area contributed by atoms with E-state index in [-0.39, 0.29) is 12.0 Å². The molecule has 3 rings (SSSR count). The number of aliphatic hydroxyl groups is 1. The summed E-state index contributed by atoms with van der Waals surface area (Å²) in [6, 6.07) is 6.99. The Balaban J connectivity index is 1.77. The van der Waals surface area contributed by atoms with Crippen LogP contribution in [0.5, 0.6) is 0 Å². The third kappa shape index (κ3) is 1.84. The third-order valence-corrected chi connectivity index (χ3v) is 2.88. The van der Waals surface area contributed by atoms with Crippen LogP contribution in [0, 0.1) is 0 Å². The molecule has 1 amide bonds. The zero-order valence-electron chi connectivity index (χ0n) is 9.45. The Morgan fingerprint density at radius 3 is 2.61 bits per heavy atom. The summed E-state index contributed by atoms with van der Waals surface area (Å²) in [5.41, 5.74) is 1.39. The summed E-state index contributed by atoms with van der Waals surface area (Å²) in [6.45, 7) is 0.816. The Bertz CT molecular complexity index is 545. The Kier molecular flexibility index (Phi) is 2.52. The molecule has 2 aromatic rings. The van der Waals surface area contributed by atoms with Crippen LogP contribution in [-0.2, 0) is 0 Å². The normalized spacial score (nSPS) is 15.5. The average molecular weight is 245 g/mol. The third-order valence-electron chi connectivity index (χ3n) is 2.88. The number of carbonyl (C=O) groups is 1. The Morgan fingerprint density at radius 2 is 2.06 bits per heavy atom. The van der Waals surface area contributed by atoms with E-state index in [9.17, 15) is 4.79 Å². The van der Waals surface area contributed by atoms with Crippen LogP contribution in [0.4, 0.5) is 0 Å². The standard InChI is InChI=1S/C11H11N5O2/c17-9-5-16(6-9)11(18)8-3-1-7(2-4-8)10-12-14-15-13-10/h1-4,9,17H,5-6H2,(H,12,13,14,15). The van der Waals surface area contributed by atoms with Gasteiger partial charge in [-0.3, -0.25) is 4.79 Å². The van der Waals surface area contributed by atoms with Gasteiger partial charge in [-0.2, -0.15) is 5.21 Å². The molecule has 7 nitrogen and oxygen atoms in total. The van der Waals surface area contributed by atoms with Gasteiger partial charge in [-0.15, -0.1) is 10.2 Å². The number of rotatable bonds is 2. The van der Waals surface area contributed by atoms with Gasteiger partial charge in [-0.05, 0) is 17.3 Å². The van der Waals surface area contributed by atoms with Crippen molar-refractivity contribution < 1.29 is 9.90 Å². The number of hydrogen-bond acceptors (Lipinski definition) is 5. The highest BCUT2D eigenvalue weighted by molar-refractivity contribution is 5.95. The second-order valence-electron chi connectivity index (χ2n) is 4.18. The molecule has 1 saturated heterocycles. The predicted octanol–water partition coefficient (Wildman–Crippen LogP) is -0.317. The molecular weight excluding hydrogens is 234 g/mol. The van der Waals surface area contributed by atoms with Crippen LogP contribution in [-0.4, -0.2) is 55.7 Å². The fourth-order valence-electron chi connectivity index (χ4n) is 1.85. The second kappa shape index (κ2) is 4.19. The number of β-amino-alcohol motifs (C(OH)–C–C–N with tert-alkyl or cyclic N) is 1. The van der Waals surface area contributed by atoms with Gasteiger partial charge in [0.1, 0.15) is 0 Å². The summed E-state index contributed by atoms with van der Waals surface area (Å²) in [5, 5.41) is 22.7. The first-order chi connectivity index (χ1) is 8.74. The molecule has 2 heterocycles. The van der Waals surface area contributed by atoms with E-state index >= 15 is 0 Å². The highest BCUT2D eigenvalue weighted by atomic mass is 16.3. The van der Waals surface area contributed by atoms with Gasteiger partial charge in [0, 0.05) is 24.2 Å². The van der Waals surface area contributed by atoms with Gasteiger partial charge < -0.3 is 10.0 Å². The van der Waals surface area contributed by atoms with Crippen LogP contribution in [0.25, 0.3) is 11.4 Å². The molecule has 1 aromatic carbocycles. The van der Waals surface area contributed by atoms with Gasteiger partial charge in [-0.1, -0.05) is 12.1 Å². The molecule has 18 heavy (non-hydrogen) atoms. The number of aliphatic hydroxyl groups excluding tert-OH is 1. The number of aromatic nitrogens is 4. The molecule has 1 aliphatic heterocycles. The number of benzene rings is 1. The van der Waals surface area contributed by atoms with Crippen LogP contribution in [0.15, 0.2) is 24.3 Å². The maximum Gasteiger partial charge on any atom is 0.254 e. The van der Waals surface area contributed by atoms with Crippen molar-refractivity contribution in [3.63, 3.8) is 0 Å². The smallest absolute Gasteiger partial charge is 0.254 e. The molecule has 0 spiro atoms. The summed E-state index contributed by atoms with van der Waals surface area (Å²) in [7, 11) is 0. The average Bonchev–Trinajstić information content (AvgIpc) is 2.88. The highest BCUT2D eigenvalue weighted by Gasteiger charge is 2.29. The number of carbonyl (C=O) groups excluding carboxylic acids is 1. The summed E-state index contributed by atoms with van der Waals surface area (Å²) in [6.07, 6.45) is -0.382. The first kappa shape index (κ1) is 10.8. The largest absolute Gasteiger partial charge is 0.389 e. The van der Waals surface area contributed by atoms with E-state index in [1.807, 2.05) is 0 Å². The van der Waals surface area contributed by atoms with Gasteiger partial charge in [0.05, 0.1) is 6.10 Å². The summed E-state index contributed by atoms with van der Waals surface area (Å²) < 4.78 is 0. The number of H-pyrrole nitrogens is 1. The molecule has 0 unspecified atom stereocenters. The van der Waals surface area contributed by atoms with Gasteiger partial charge in [0.2, 0.25) is 5.82 Å². The minimum atomic E-state index is -0.382. The summed E-state index contributed by atoms with van der Waals surface area (Å²) in [4.78, 5) is 13.5. The molecule has 0 radical (unpaired) electrons. The minimum absolute atomic E-state index is 0.0695. The fraction of sp³-hybridized carbons (Fsp3) is 0.273. The second-order valence-corrected chi connectivity index (χ2v) is 4.18. The number of aromatic amines is 1. The van der Waals surface area contributed by atoms with Crippen LogP contribution < -0.4 is 0 Å². The number of likely N-dealkylation sites (tertiary alicyclic amines) is 1. The molecule has 7 heteroatoms. The van der Waals surface area contributed by atoms with Gasteiger partial charge in [-0.25, -0.2) is 0 Å². The van der Waals surface area contributed by atoms with E-state index in [1.54, 1.807) is 29.2 Å². The Labute approximate surface area is 102 Å². The quantitative estimate of drug-likeness (QED) is 0.756. The molecule has 1 aromatic heterocycles. The maximum absolute atomic E-state index is 11.9. The Hall–Kier alpha value is -2.28. The van der Waals surface area contributed by atoms with Crippen molar-refractivity contribution in [2.75, 3.05) is 13.1 Å². The number of nitrogens with zero attached hydrogens (tertiary/aromatic N) is 4. The maximum atomic E-state index is 11.9. The van der Waals surface area contributed by atoms with E-state index in [2.05, 4.69) is 20.6 Å². The van der Waals surface area contributed by atoms with Crippen molar-refractivity contribution in [1.29, 1.82) is 0 Å². The summed E-state index contributed by atoms with van der Waals surface area (Å²) >= 11 is 0. The molecule has 92 valence electrons. The van der Waals surface area contributed by atoms with E-state index in [0.717, 1.165) is 5.56 Å². The van der Waals surface area contributed by atoms with Crippen molar-refractivity contribution in [3.05, 3.63) is 29.8 Å². The monoisotopic (exact) mass is 245 g/mol. The molecule has 1 aliphatic rings. The SMILES string of the molecule is O=C(c1ccc(-c2nn[nH]n2)cc1)N1CC(O)C1. The lowest BCUT2D eigenvalue weighted by Gasteiger charge is -2.35. The summed E-state index contributed by atoms with van der Waals surface area (Å²) in [5.74, 6) is 0.424. The fourth-order valence-corrected chi connectivity index (χ4v) is 1.85. The highest BCUT2D eigenvalue weighted by Crippen LogP contribution is 2.17. The van der Waals surface area contributed by atoms with Crippen molar-refractivity contribution in [1.82, 2.24) is 25.5 Å².